The lowest BCUT2D eigenvalue weighted by Crippen LogP contribution is -2.10. The molecule has 0 aliphatic heterocycles. The average molecular weight is 358 g/mol. The van der Waals surface area contributed by atoms with Gasteiger partial charge >= 0.3 is 17.6 Å². The summed E-state index contributed by atoms with van der Waals surface area (Å²) in [5.74, 6) is 0.268. The third-order valence-corrected chi connectivity index (χ3v) is 3.03. The molecule has 0 fully saturated rings. The monoisotopic (exact) mass is 358 g/mol. The predicted octanol–water partition coefficient (Wildman–Crippen LogP) is 3.95. The van der Waals surface area contributed by atoms with Crippen LogP contribution < -0.4 is 5.43 Å². The molecule has 0 saturated carbocycles. The average Bonchev–Trinajstić information content (AvgIpc) is 3.05. The van der Waals surface area contributed by atoms with Crippen LogP contribution in [0.2, 0.25) is 0 Å². The summed E-state index contributed by atoms with van der Waals surface area (Å²) in [7, 11) is 0. The van der Waals surface area contributed by atoms with Crippen LogP contribution in [0.1, 0.15) is 18.2 Å². The summed E-state index contributed by atoms with van der Waals surface area (Å²) in [5.41, 5.74) is -2.27. The van der Waals surface area contributed by atoms with Crippen molar-refractivity contribution in [2.24, 2.45) is 5.10 Å². The normalized spacial score (nSPS) is 12.1. The van der Waals surface area contributed by atoms with Gasteiger partial charge in [0.05, 0.1) is 21.7 Å². The molecule has 0 amide bonds. The standard InChI is InChI=1S/C13H9F3N4O5/c1-7(11-3-2-4-25-11)17-18-12-9(19(21)22)5-8(13(14,15)16)6-10(12)20(23)24/h2-6,18H,1H3/b17-7-. The fourth-order valence-electron chi connectivity index (χ4n) is 1.86. The summed E-state index contributed by atoms with van der Waals surface area (Å²) < 4.78 is 43.4. The fraction of sp³-hybridized carbons (Fsp3) is 0.154. The van der Waals surface area contributed by atoms with Crippen LogP contribution in [-0.4, -0.2) is 15.6 Å². The first-order valence-electron chi connectivity index (χ1n) is 6.49. The molecule has 1 aromatic carbocycles. The van der Waals surface area contributed by atoms with E-state index in [1.54, 1.807) is 0 Å². The van der Waals surface area contributed by atoms with E-state index in [0.29, 0.717) is 0 Å². The predicted molar refractivity (Wildman–Crippen MR) is 79.3 cm³/mol. The number of benzene rings is 1. The molecule has 0 bridgehead atoms. The largest absolute Gasteiger partial charge is 0.463 e. The molecular formula is C13H9F3N4O5. The summed E-state index contributed by atoms with van der Waals surface area (Å²) >= 11 is 0. The zero-order valence-electron chi connectivity index (χ0n) is 12.4. The highest BCUT2D eigenvalue weighted by Gasteiger charge is 2.37. The molecular weight excluding hydrogens is 349 g/mol. The lowest BCUT2D eigenvalue weighted by molar-refractivity contribution is -0.392. The van der Waals surface area contributed by atoms with Crippen molar-refractivity contribution in [3.05, 3.63) is 62.1 Å². The van der Waals surface area contributed by atoms with Gasteiger partial charge in [0, 0.05) is 12.1 Å². The molecule has 2 rings (SSSR count). The van der Waals surface area contributed by atoms with E-state index < -0.39 is 38.6 Å². The second-order valence-electron chi connectivity index (χ2n) is 4.69. The second-order valence-corrected chi connectivity index (χ2v) is 4.69. The summed E-state index contributed by atoms with van der Waals surface area (Å²) in [6, 6.07) is 3.45. The highest BCUT2D eigenvalue weighted by atomic mass is 19.4. The van der Waals surface area contributed by atoms with Gasteiger partial charge in [-0.25, -0.2) is 0 Å². The maximum absolute atomic E-state index is 12.8. The number of anilines is 1. The number of alkyl halides is 3. The first kappa shape index (κ1) is 17.9. The van der Waals surface area contributed by atoms with Crippen LogP contribution in [0, 0.1) is 20.2 Å². The van der Waals surface area contributed by atoms with Gasteiger partial charge in [0.1, 0.15) is 11.5 Å². The lowest BCUT2D eigenvalue weighted by Gasteiger charge is -2.09. The van der Waals surface area contributed by atoms with Gasteiger partial charge in [-0.3, -0.25) is 25.7 Å². The van der Waals surface area contributed by atoms with Gasteiger partial charge in [-0.15, -0.1) is 0 Å². The van der Waals surface area contributed by atoms with Crippen molar-refractivity contribution in [1.82, 2.24) is 0 Å². The van der Waals surface area contributed by atoms with Gasteiger partial charge in [-0.05, 0) is 19.1 Å². The van der Waals surface area contributed by atoms with E-state index in [2.05, 4.69) is 10.5 Å². The highest BCUT2D eigenvalue weighted by molar-refractivity contribution is 5.96. The molecule has 0 aliphatic rings. The molecule has 2 aromatic rings. The van der Waals surface area contributed by atoms with Crippen LogP contribution in [0.4, 0.5) is 30.2 Å². The smallest absolute Gasteiger partial charge is 0.416 e. The Morgan fingerprint density at radius 1 is 1.20 bits per heavy atom. The number of nitrogens with one attached hydrogen (secondary N) is 1. The van der Waals surface area contributed by atoms with Crippen molar-refractivity contribution in [1.29, 1.82) is 0 Å². The number of nitro groups is 2. The summed E-state index contributed by atoms with van der Waals surface area (Å²) in [5, 5.41) is 25.8. The molecule has 0 saturated heterocycles. The van der Waals surface area contributed by atoms with Gasteiger partial charge in [0.15, 0.2) is 0 Å². The molecule has 132 valence electrons. The minimum atomic E-state index is -4.98. The molecule has 9 nitrogen and oxygen atoms in total. The molecule has 0 aliphatic carbocycles. The topological polar surface area (TPSA) is 124 Å². The van der Waals surface area contributed by atoms with E-state index in [4.69, 9.17) is 4.42 Å². The number of furan rings is 1. The van der Waals surface area contributed by atoms with Crippen LogP contribution in [0.25, 0.3) is 0 Å². The molecule has 0 atom stereocenters. The van der Waals surface area contributed by atoms with Crippen molar-refractivity contribution >= 4 is 22.8 Å². The Labute approximate surface area is 137 Å². The lowest BCUT2D eigenvalue weighted by atomic mass is 10.1. The van der Waals surface area contributed by atoms with Crippen LogP contribution in [0.5, 0.6) is 0 Å². The maximum atomic E-state index is 12.8. The first-order chi connectivity index (χ1) is 11.6. The van der Waals surface area contributed by atoms with Crippen molar-refractivity contribution in [2.45, 2.75) is 13.1 Å². The Hall–Kier alpha value is -3.44. The first-order valence-corrected chi connectivity index (χ1v) is 6.49. The van der Waals surface area contributed by atoms with E-state index in [9.17, 15) is 33.4 Å². The molecule has 1 aromatic heterocycles. The maximum Gasteiger partial charge on any atom is 0.416 e. The Morgan fingerprint density at radius 2 is 1.76 bits per heavy atom. The highest BCUT2D eigenvalue weighted by Crippen LogP contribution is 2.41. The molecule has 0 radical (unpaired) electrons. The number of nitro benzene ring substituents is 2. The third kappa shape index (κ3) is 3.91. The Bertz CT molecular complexity index is 811. The molecule has 1 N–H and O–H groups in total. The quantitative estimate of drug-likeness (QED) is 0.490. The summed E-state index contributed by atoms with van der Waals surface area (Å²) in [6.07, 6.45) is -3.65. The minimum Gasteiger partial charge on any atom is -0.463 e. The van der Waals surface area contributed by atoms with E-state index in [1.807, 2.05) is 0 Å². The Morgan fingerprint density at radius 3 is 2.16 bits per heavy atom. The van der Waals surface area contributed by atoms with Gasteiger partial charge in [-0.2, -0.15) is 18.3 Å². The molecule has 0 unspecified atom stereocenters. The number of hydrogen-bond acceptors (Lipinski definition) is 7. The minimum absolute atomic E-state index is 0.175. The number of hydrazone groups is 1. The molecule has 1 heterocycles. The Balaban J connectivity index is 2.57. The Kier molecular flexibility index (Phi) is 4.72. The number of nitrogens with zero attached hydrogens (tertiary/aromatic N) is 3. The number of hydrogen-bond donors (Lipinski definition) is 1. The fourth-order valence-corrected chi connectivity index (χ4v) is 1.86. The van der Waals surface area contributed by atoms with Crippen molar-refractivity contribution in [3.8, 4) is 0 Å². The third-order valence-electron chi connectivity index (χ3n) is 3.03. The van der Waals surface area contributed by atoms with Crippen LogP contribution in [-0.2, 0) is 6.18 Å². The summed E-state index contributed by atoms with van der Waals surface area (Å²) in [4.78, 5) is 19.8. The van der Waals surface area contributed by atoms with Gasteiger partial charge in [0.2, 0.25) is 5.69 Å². The van der Waals surface area contributed by atoms with Crippen molar-refractivity contribution < 1.29 is 27.4 Å². The van der Waals surface area contributed by atoms with Gasteiger partial charge < -0.3 is 4.42 Å². The van der Waals surface area contributed by atoms with E-state index in [-0.39, 0.29) is 23.6 Å². The number of rotatable bonds is 5. The van der Waals surface area contributed by atoms with Crippen molar-refractivity contribution in [2.75, 3.05) is 5.43 Å². The van der Waals surface area contributed by atoms with E-state index >= 15 is 0 Å². The van der Waals surface area contributed by atoms with Crippen molar-refractivity contribution in [3.63, 3.8) is 0 Å². The van der Waals surface area contributed by atoms with E-state index in [1.165, 1.54) is 25.3 Å². The number of halogens is 3. The van der Waals surface area contributed by atoms with Crippen LogP contribution in [0.15, 0.2) is 40.0 Å². The zero-order valence-corrected chi connectivity index (χ0v) is 12.4. The van der Waals surface area contributed by atoms with E-state index in [0.717, 1.165) is 0 Å². The van der Waals surface area contributed by atoms with Gasteiger partial charge in [-0.1, -0.05) is 0 Å². The molecule has 25 heavy (non-hydrogen) atoms. The summed E-state index contributed by atoms with van der Waals surface area (Å²) in [6.45, 7) is 1.44. The second kappa shape index (κ2) is 6.59. The molecule has 0 spiro atoms. The van der Waals surface area contributed by atoms with Crippen LogP contribution in [0.3, 0.4) is 0 Å². The zero-order chi connectivity index (χ0) is 18.8. The van der Waals surface area contributed by atoms with Gasteiger partial charge in [0.25, 0.3) is 0 Å². The van der Waals surface area contributed by atoms with Crippen LogP contribution >= 0.6 is 0 Å². The molecule has 12 heteroatoms. The SMILES string of the molecule is C/C(=N/Nc1c([N+](=O)[O-])cc(C(F)(F)F)cc1[N+](=O)[O-])c1ccco1.